The second-order valence-corrected chi connectivity index (χ2v) is 22.0. The van der Waals surface area contributed by atoms with Crippen LogP contribution in [0.4, 0.5) is 22.7 Å². The normalized spacial score (nSPS) is 19.1. The van der Waals surface area contributed by atoms with Crippen LogP contribution in [0.3, 0.4) is 0 Å². The van der Waals surface area contributed by atoms with Crippen molar-refractivity contribution in [3.63, 3.8) is 0 Å². The van der Waals surface area contributed by atoms with Crippen molar-refractivity contribution in [3.05, 3.63) is 188 Å². The van der Waals surface area contributed by atoms with Gasteiger partial charge < -0.3 is 9.05 Å². The summed E-state index contributed by atoms with van der Waals surface area (Å²) in [5.74, 6) is 3.96. The maximum absolute atomic E-state index is 7.02. The van der Waals surface area contributed by atoms with Gasteiger partial charge in [0, 0.05) is 46.0 Å². The SMILES string of the molecule is S=P1(c2cc(-p3cc4ccccc4[n+]3-c3ccccc3)cc(P3(=S)Oc4ccccc4N3c3ccccc3)c2)Oc2ccccc2N1c1ccccc1. The van der Waals surface area contributed by atoms with Crippen molar-refractivity contribution in [2.45, 2.75) is 0 Å². The van der Waals surface area contributed by atoms with Gasteiger partial charge in [-0.3, -0.25) is 9.34 Å². The molecule has 2 aliphatic heterocycles. The van der Waals surface area contributed by atoms with Crippen LogP contribution in [0, 0.1) is 0 Å². The Kier molecular flexibility index (Phi) is 7.91. The molecule has 0 saturated carbocycles. The standard InChI is InChI=1S/C43H31N3O2P3S2/c52-50(45(34-19-6-2-7-20-34)40-24-12-14-26-42(40)47-50)37-28-36(49-31-32-16-10-11-23-39(32)44(49)33-17-4-1-5-18-33)29-38(30-37)51(53)46(35-21-8-3-9-22-35)41-25-13-15-27-43(41)48-51/h1-31H/q+1. The molecule has 2 aliphatic rings. The third-order valence-electron chi connectivity index (χ3n) is 9.61. The number of aromatic nitrogens is 1. The predicted octanol–water partition coefficient (Wildman–Crippen LogP) is 11.4. The van der Waals surface area contributed by atoms with Gasteiger partial charge in [-0.05, 0) is 96.4 Å². The quantitative estimate of drug-likeness (QED) is 0.156. The van der Waals surface area contributed by atoms with Crippen LogP contribution in [0.15, 0.2) is 188 Å². The summed E-state index contributed by atoms with van der Waals surface area (Å²) in [5.41, 5.74) is 6.20. The number of hydrogen-bond donors (Lipinski definition) is 0. The summed E-state index contributed by atoms with van der Waals surface area (Å²) < 4.78 is 21.0. The van der Waals surface area contributed by atoms with E-state index in [0.717, 1.165) is 55.8 Å². The number of fused-ring (bicyclic) bond motifs is 3. The van der Waals surface area contributed by atoms with E-state index in [1.54, 1.807) is 0 Å². The Hall–Kier alpha value is -4.99. The zero-order valence-electron chi connectivity index (χ0n) is 28.2. The van der Waals surface area contributed by atoms with E-state index >= 15 is 0 Å². The molecule has 1 aromatic heterocycles. The third-order valence-corrected chi connectivity index (χ3v) is 19.1. The molecule has 3 heterocycles. The molecule has 7 aromatic carbocycles. The molecule has 3 atom stereocenters. The molecular formula is C43H31N3O2P3S2+. The fourth-order valence-electron chi connectivity index (χ4n) is 7.26. The highest BCUT2D eigenvalue weighted by molar-refractivity contribution is 8.18. The van der Waals surface area contributed by atoms with Crippen molar-refractivity contribution in [1.82, 2.24) is 0 Å². The minimum absolute atomic E-state index is 0.779. The molecular weight excluding hydrogens is 748 g/mol. The Morgan fingerprint density at radius 2 is 0.943 bits per heavy atom. The lowest BCUT2D eigenvalue weighted by atomic mass is 10.2. The maximum atomic E-state index is 7.02. The van der Waals surface area contributed by atoms with Crippen molar-refractivity contribution < 1.29 is 13.4 Å². The van der Waals surface area contributed by atoms with Crippen molar-refractivity contribution in [1.29, 1.82) is 0 Å². The highest BCUT2D eigenvalue weighted by Crippen LogP contribution is 2.67. The smallest absolute Gasteiger partial charge is 0.239 e. The zero-order chi connectivity index (χ0) is 35.6. The first-order valence-electron chi connectivity index (χ1n) is 17.2. The van der Waals surface area contributed by atoms with Gasteiger partial charge in [-0.1, -0.05) is 91.0 Å². The van der Waals surface area contributed by atoms with Gasteiger partial charge in [0.1, 0.15) is 0 Å². The van der Waals surface area contributed by atoms with Gasteiger partial charge in [0.25, 0.3) is 0 Å². The Labute approximate surface area is 319 Å². The van der Waals surface area contributed by atoms with E-state index in [9.17, 15) is 0 Å². The molecule has 0 bridgehead atoms. The van der Waals surface area contributed by atoms with Crippen molar-refractivity contribution in [2.75, 3.05) is 9.34 Å². The molecule has 3 unspecified atom stereocenters. The average molecular weight is 779 g/mol. The second kappa shape index (κ2) is 12.8. The molecule has 0 radical (unpaired) electrons. The summed E-state index contributed by atoms with van der Waals surface area (Å²) in [6.45, 7) is 0. The molecule has 0 saturated heterocycles. The van der Waals surface area contributed by atoms with Gasteiger partial charge in [0.2, 0.25) is 24.0 Å². The Balaban J connectivity index is 1.27. The van der Waals surface area contributed by atoms with Crippen LogP contribution in [0.5, 0.6) is 11.5 Å². The average Bonchev–Trinajstić information content (AvgIpc) is 3.86. The molecule has 0 amide bonds. The monoisotopic (exact) mass is 778 g/mol. The van der Waals surface area contributed by atoms with Gasteiger partial charge in [-0.2, -0.15) is 0 Å². The van der Waals surface area contributed by atoms with Gasteiger partial charge >= 0.3 is 0 Å². The van der Waals surface area contributed by atoms with Crippen LogP contribution in [0.1, 0.15) is 0 Å². The van der Waals surface area contributed by atoms with E-state index in [-0.39, 0.29) is 0 Å². The molecule has 10 rings (SSSR count). The van der Waals surface area contributed by atoms with Crippen LogP contribution in [-0.2, 0) is 23.6 Å². The van der Waals surface area contributed by atoms with Crippen molar-refractivity contribution in [3.8, 4) is 22.5 Å². The van der Waals surface area contributed by atoms with E-state index in [4.69, 9.17) is 32.7 Å². The van der Waals surface area contributed by atoms with Crippen LogP contribution >= 0.6 is 20.5 Å². The predicted molar refractivity (Wildman–Crippen MR) is 229 cm³/mol. The molecule has 8 aromatic rings. The number of benzene rings is 7. The first-order valence-corrected chi connectivity index (χ1v) is 24.0. The summed E-state index contributed by atoms with van der Waals surface area (Å²) in [5, 5.41) is 4.18. The first-order chi connectivity index (χ1) is 26.0. The summed E-state index contributed by atoms with van der Waals surface area (Å²) in [4.78, 5) is 0. The minimum Gasteiger partial charge on any atom is -0.442 e. The van der Waals surface area contributed by atoms with Crippen LogP contribution in [0.2, 0.25) is 0 Å². The van der Waals surface area contributed by atoms with Gasteiger partial charge in [0.15, 0.2) is 19.2 Å². The summed E-state index contributed by atoms with van der Waals surface area (Å²) in [7, 11) is -1.06. The Morgan fingerprint density at radius 3 is 1.49 bits per heavy atom. The second-order valence-electron chi connectivity index (χ2n) is 12.8. The number of rotatable bonds is 6. The minimum atomic E-state index is -2.99. The van der Waals surface area contributed by atoms with E-state index in [0.29, 0.717) is 0 Å². The molecule has 5 nitrogen and oxygen atoms in total. The summed E-state index contributed by atoms with van der Waals surface area (Å²) in [6.07, 6.45) is -5.98. The fraction of sp³-hybridized carbons (Fsp3) is 0. The molecule has 0 N–H and O–H groups in total. The van der Waals surface area contributed by atoms with Crippen molar-refractivity contribution >= 4 is 88.4 Å². The molecule has 0 fully saturated rings. The highest BCUT2D eigenvalue weighted by atomic mass is 32.5. The summed E-state index contributed by atoms with van der Waals surface area (Å²) >= 11 is 13.7. The number of anilines is 4. The first kappa shape index (κ1) is 32.6. The number of nitrogens with zero attached hydrogens (tertiary/aromatic N) is 3. The van der Waals surface area contributed by atoms with Gasteiger partial charge in [0.05, 0.1) is 22.1 Å². The highest BCUT2D eigenvalue weighted by Gasteiger charge is 2.45. The largest absolute Gasteiger partial charge is 0.442 e. The van der Waals surface area contributed by atoms with E-state index in [1.165, 1.54) is 10.9 Å². The summed E-state index contributed by atoms with van der Waals surface area (Å²) in [6, 6.07) is 63.0. The molecule has 53 heavy (non-hydrogen) atoms. The van der Waals surface area contributed by atoms with E-state index < -0.39 is 20.5 Å². The molecule has 10 heteroatoms. The van der Waals surface area contributed by atoms with E-state index in [2.05, 4.69) is 153 Å². The molecule has 0 aliphatic carbocycles. The lowest BCUT2D eigenvalue weighted by Gasteiger charge is -2.32. The lowest BCUT2D eigenvalue weighted by Crippen LogP contribution is -2.29. The van der Waals surface area contributed by atoms with Crippen LogP contribution < -0.4 is 33.3 Å². The third kappa shape index (κ3) is 5.30. The van der Waals surface area contributed by atoms with Gasteiger partial charge in [-0.15, -0.1) is 4.33 Å². The zero-order valence-corrected chi connectivity index (χ0v) is 32.5. The number of para-hydroxylation sites is 8. The molecule has 0 spiro atoms. The topological polar surface area (TPSA) is 28.8 Å². The Bertz CT molecular complexity index is 2650. The number of hydrogen-bond acceptors (Lipinski definition) is 4. The van der Waals surface area contributed by atoms with E-state index in [1.807, 2.05) is 48.5 Å². The lowest BCUT2D eigenvalue weighted by molar-refractivity contribution is -0.490. The van der Waals surface area contributed by atoms with Crippen LogP contribution in [-0.4, -0.2) is 0 Å². The van der Waals surface area contributed by atoms with Crippen molar-refractivity contribution in [2.24, 2.45) is 0 Å². The Morgan fingerprint density at radius 1 is 0.491 bits per heavy atom. The molecule has 256 valence electrons. The maximum Gasteiger partial charge on any atom is 0.239 e. The van der Waals surface area contributed by atoms with Crippen LogP contribution in [0.25, 0.3) is 21.9 Å². The fourth-order valence-corrected chi connectivity index (χ4v) is 16.8. The van der Waals surface area contributed by atoms with Gasteiger partial charge in [-0.25, -0.2) is 0 Å².